The van der Waals surface area contributed by atoms with E-state index in [0.29, 0.717) is 0 Å². The number of hydrogen-bond acceptors (Lipinski definition) is 3. The molecule has 1 aliphatic rings. The molecule has 1 saturated heterocycles. The molecule has 1 aromatic heterocycles. The highest BCUT2D eigenvalue weighted by Crippen LogP contribution is 2.24. The zero-order valence-corrected chi connectivity index (χ0v) is 9.99. The average Bonchev–Trinajstić information content (AvgIpc) is 2.30. The van der Waals surface area contributed by atoms with Crippen LogP contribution in [0.3, 0.4) is 0 Å². The molecule has 2 rings (SSSR count). The van der Waals surface area contributed by atoms with Gasteiger partial charge in [0.1, 0.15) is 5.69 Å². The van der Waals surface area contributed by atoms with Crippen LogP contribution in [0.2, 0.25) is 0 Å². The number of rotatable bonds is 2. The minimum atomic E-state index is 0.729. The maximum Gasteiger partial charge on any atom is 0.300 e. The van der Waals surface area contributed by atoms with Gasteiger partial charge in [-0.05, 0) is 24.8 Å². The molecule has 1 unspecified atom stereocenters. The summed E-state index contributed by atoms with van der Waals surface area (Å²) >= 11 is 0. The number of aromatic nitrogens is 1. The lowest BCUT2D eigenvalue weighted by molar-refractivity contribution is -0.379. The fourth-order valence-electron chi connectivity index (χ4n) is 2.25. The van der Waals surface area contributed by atoms with Crippen LogP contribution in [0.1, 0.15) is 19.8 Å². The molecule has 16 heavy (non-hydrogen) atoms. The Kier molecular flexibility index (Phi) is 3.17. The molecule has 0 radical (unpaired) electrons. The van der Waals surface area contributed by atoms with Gasteiger partial charge in [0, 0.05) is 6.07 Å². The molecule has 4 nitrogen and oxygen atoms in total. The van der Waals surface area contributed by atoms with E-state index in [-0.39, 0.29) is 0 Å². The number of hydrogen-bond donors (Lipinski definition) is 1. The molecule has 1 aromatic rings. The molecule has 88 valence electrons. The largest absolute Gasteiger partial charge is 0.466 e. The van der Waals surface area contributed by atoms with Crippen LogP contribution in [0.25, 0.3) is 0 Å². The van der Waals surface area contributed by atoms with E-state index in [4.69, 9.17) is 10.5 Å². The van der Waals surface area contributed by atoms with Crippen LogP contribution >= 0.6 is 0 Å². The Balaban J connectivity index is 2.24. The van der Waals surface area contributed by atoms with Crippen molar-refractivity contribution in [3.05, 3.63) is 12.1 Å². The van der Waals surface area contributed by atoms with Crippen molar-refractivity contribution in [3.8, 4) is 5.88 Å². The van der Waals surface area contributed by atoms with Crippen molar-refractivity contribution >= 4 is 11.5 Å². The summed E-state index contributed by atoms with van der Waals surface area (Å²) in [5.41, 5.74) is 6.78. The van der Waals surface area contributed by atoms with E-state index in [1.165, 1.54) is 12.8 Å². The van der Waals surface area contributed by atoms with Crippen LogP contribution in [0, 0.1) is 5.92 Å². The molecular formula is C12H20N3O+. The first kappa shape index (κ1) is 11.0. The summed E-state index contributed by atoms with van der Waals surface area (Å²) in [6.07, 6.45) is 2.53. The van der Waals surface area contributed by atoms with Crippen LogP contribution in [0.15, 0.2) is 12.1 Å². The molecule has 1 aliphatic heterocycles. The number of methoxy groups -OCH3 is 1. The summed E-state index contributed by atoms with van der Waals surface area (Å²) < 4.78 is 5.19. The molecule has 1 atom stereocenters. The van der Waals surface area contributed by atoms with Crippen LogP contribution in [-0.4, -0.2) is 20.2 Å². The summed E-state index contributed by atoms with van der Waals surface area (Å²) in [6.45, 7) is 4.41. The lowest BCUT2D eigenvalue weighted by Gasteiger charge is -2.26. The highest BCUT2D eigenvalue weighted by Gasteiger charge is 2.25. The van der Waals surface area contributed by atoms with Gasteiger partial charge < -0.3 is 10.5 Å². The Hall–Kier alpha value is -1.45. The first-order valence-corrected chi connectivity index (χ1v) is 5.81. The van der Waals surface area contributed by atoms with Gasteiger partial charge in [0.25, 0.3) is 5.88 Å². The third-order valence-corrected chi connectivity index (χ3v) is 3.12. The van der Waals surface area contributed by atoms with E-state index in [2.05, 4.69) is 16.8 Å². The Labute approximate surface area is 96.4 Å². The summed E-state index contributed by atoms with van der Waals surface area (Å²) in [6, 6.07) is 3.75. The molecular weight excluding hydrogens is 202 g/mol. The quantitative estimate of drug-likeness (QED) is 0.821. The topological polar surface area (TPSA) is 52.6 Å². The van der Waals surface area contributed by atoms with Gasteiger partial charge >= 0.3 is 5.82 Å². The van der Waals surface area contributed by atoms with E-state index >= 15 is 0 Å². The lowest BCUT2D eigenvalue weighted by Crippen LogP contribution is -2.38. The van der Waals surface area contributed by atoms with Crippen molar-refractivity contribution in [2.24, 2.45) is 5.92 Å². The molecule has 0 aromatic carbocycles. The molecule has 0 aliphatic carbocycles. The van der Waals surface area contributed by atoms with Crippen molar-refractivity contribution in [1.29, 1.82) is 0 Å². The van der Waals surface area contributed by atoms with E-state index in [1.807, 2.05) is 12.1 Å². The van der Waals surface area contributed by atoms with Crippen LogP contribution in [0.5, 0.6) is 5.88 Å². The van der Waals surface area contributed by atoms with Crippen LogP contribution < -0.4 is 20.4 Å². The van der Waals surface area contributed by atoms with E-state index in [9.17, 15) is 0 Å². The standard InChI is InChI=1S/C12H19N3O/c1-9-4-3-7-15(8-9)12-10(13)5-6-11(14-12)16-2/h5-6,9H,3-4,7-8,13H2,1-2H3/p+1. The van der Waals surface area contributed by atoms with Crippen molar-refractivity contribution in [3.63, 3.8) is 0 Å². The number of nitrogens with one attached hydrogen (secondary N) is 1. The van der Waals surface area contributed by atoms with Crippen LogP contribution in [0.4, 0.5) is 11.5 Å². The summed E-state index contributed by atoms with van der Waals surface area (Å²) in [4.78, 5) is 5.54. The minimum Gasteiger partial charge on any atom is -0.466 e. The number of nitrogen functional groups attached to an aromatic ring is 1. The summed E-state index contributed by atoms with van der Waals surface area (Å²) in [5, 5.41) is 0. The molecule has 4 heteroatoms. The summed E-state index contributed by atoms with van der Waals surface area (Å²) in [7, 11) is 1.66. The van der Waals surface area contributed by atoms with Crippen molar-refractivity contribution < 1.29 is 9.72 Å². The number of nitrogens with zero attached hydrogens (tertiary/aromatic N) is 1. The SMILES string of the molecule is COc1ccc(N)c(N2CCCC(C)C2)[nH+]1. The second kappa shape index (κ2) is 4.60. The Morgan fingerprint density at radius 2 is 2.31 bits per heavy atom. The molecule has 0 bridgehead atoms. The van der Waals surface area contributed by atoms with Crippen molar-refractivity contribution in [2.45, 2.75) is 19.8 Å². The number of H-pyrrole nitrogens is 1. The predicted molar refractivity (Wildman–Crippen MR) is 64.6 cm³/mol. The van der Waals surface area contributed by atoms with E-state index in [0.717, 1.165) is 36.4 Å². The third-order valence-electron chi connectivity index (χ3n) is 3.12. The highest BCUT2D eigenvalue weighted by atomic mass is 16.5. The molecule has 0 spiro atoms. The molecule has 0 saturated carbocycles. The fraction of sp³-hybridized carbons (Fsp3) is 0.583. The van der Waals surface area contributed by atoms with Gasteiger partial charge in [-0.3, -0.25) is 4.90 Å². The fourth-order valence-corrected chi connectivity index (χ4v) is 2.25. The van der Waals surface area contributed by atoms with Gasteiger partial charge in [-0.1, -0.05) is 6.92 Å². The zero-order chi connectivity index (χ0) is 11.5. The number of pyridine rings is 1. The van der Waals surface area contributed by atoms with Crippen LogP contribution in [-0.2, 0) is 0 Å². The van der Waals surface area contributed by atoms with Gasteiger partial charge in [-0.25, -0.2) is 4.98 Å². The first-order chi connectivity index (χ1) is 7.70. The van der Waals surface area contributed by atoms with E-state index < -0.39 is 0 Å². The van der Waals surface area contributed by atoms with Gasteiger partial charge in [-0.15, -0.1) is 0 Å². The maximum atomic E-state index is 5.99. The van der Waals surface area contributed by atoms with Gasteiger partial charge in [0.2, 0.25) is 0 Å². The predicted octanol–water partition coefficient (Wildman–Crippen LogP) is 1.33. The van der Waals surface area contributed by atoms with E-state index in [1.54, 1.807) is 7.11 Å². The number of aromatic amines is 1. The maximum absolute atomic E-state index is 5.99. The monoisotopic (exact) mass is 222 g/mol. The second-order valence-corrected chi connectivity index (χ2v) is 4.52. The molecule has 0 amide bonds. The van der Waals surface area contributed by atoms with Gasteiger partial charge in [-0.2, -0.15) is 0 Å². The normalized spacial score (nSPS) is 20.9. The number of anilines is 2. The Morgan fingerprint density at radius 1 is 1.50 bits per heavy atom. The van der Waals surface area contributed by atoms with Crippen molar-refractivity contribution in [2.75, 3.05) is 30.8 Å². The zero-order valence-electron chi connectivity index (χ0n) is 9.99. The lowest BCUT2D eigenvalue weighted by atomic mass is 10.0. The molecule has 3 N–H and O–H groups in total. The first-order valence-electron chi connectivity index (χ1n) is 5.81. The molecule has 1 fully saturated rings. The van der Waals surface area contributed by atoms with Gasteiger partial charge in [0.15, 0.2) is 0 Å². The second-order valence-electron chi connectivity index (χ2n) is 4.52. The summed E-state index contributed by atoms with van der Waals surface area (Å²) in [5.74, 6) is 2.47. The Bertz CT molecular complexity index is 367. The molecule has 2 heterocycles. The Morgan fingerprint density at radius 3 is 3.00 bits per heavy atom. The number of ether oxygens (including phenoxy) is 1. The van der Waals surface area contributed by atoms with Gasteiger partial charge in [0.05, 0.1) is 20.2 Å². The number of nitrogens with two attached hydrogens (primary N) is 1. The average molecular weight is 222 g/mol. The highest BCUT2D eigenvalue weighted by molar-refractivity contribution is 5.59. The minimum absolute atomic E-state index is 0.729. The third kappa shape index (κ3) is 2.21. The smallest absolute Gasteiger partial charge is 0.300 e. The van der Waals surface area contributed by atoms with Crippen molar-refractivity contribution in [1.82, 2.24) is 0 Å². The number of piperidine rings is 1.